The summed E-state index contributed by atoms with van der Waals surface area (Å²) in [7, 11) is 0. The van der Waals surface area contributed by atoms with Crippen LogP contribution in [0.3, 0.4) is 0 Å². The van der Waals surface area contributed by atoms with E-state index in [4.69, 9.17) is 10.2 Å². The first-order chi connectivity index (χ1) is 6.34. The van der Waals surface area contributed by atoms with Gasteiger partial charge in [-0.2, -0.15) is 0 Å². The second-order valence-corrected chi connectivity index (χ2v) is 4.15. The van der Waals surface area contributed by atoms with Crippen LogP contribution >= 0.6 is 0 Å². The van der Waals surface area contributed by atoms with Crippen LogP contribution in [0.15, 0.2) is 12.2 Å². The molecule has 0 saturated heterocycles. The lowest BCUT2D eigenvalue weighted by atomic mass is 9.60. The highest BCUT2D eigenvalue weighted by Crippen LogP contribution is 2.48. The standard InChI is InChI=1S/C10H14O4/c1-9(7(11)12)5-3-4-6-10(9,2)8(13)14/h3-4H,5-6H2,1-2H3,(H,11,12)(H,13,14)/t9-,10-/m1/s1. The maximum absolute atomic E-state index is 11.1. The zero-order valence-electron chi connectivity index (χ0n) is 8.28. The van der Waals surface area contributed by atoms with Gasteiger partial charge in [0.2, 0.25) is 0 Å². The molecule has 0 saturated carbocycles. The second-order valence-electron chi connectivity index (χ2n) is 4.15. The molecule has 0 aromatic heterocycles. The smallest absolute Gasteiger partial charge is 0.310 e. The quantitative estimate of drug-likeness (QED) is 0.659. The summed E-state index contributed by atoms with van der Waals surface area (Å²) in [4.78, 5) is 22.2. The largest absolute Gasteiger partial charge is 0.481 e. The zero-order chi connectivity index (χ0) is 11.0. The summed E-state index contributed by atoms with van der Waals surface area (Å²) < 4.78 is 0. The highest BCUT2D eigenvalue weighted by Gasteiger charge is 2.55. The van der Waals surface area contributed by atoms with Crippen LogP contribution in [-0.4, -0.2) is 22.2 Å². The minimum atomic E-state index is -1.21. The molecule has 1 rings (SSSR count). The van der Waals surface area contributed by atoms with Crippen LogP contribution in [0, 0.1) is 10.8 Å². The second kappa shape index (κ2) is 3.12. The van der Waals surface area contributed by atoms with Crippen LogP contribution in [0.25, 0.3) is 0 Å². The van der Waals surface area contributed by atoms with Gasteiger partial charge >= 0.3 is 11.9 Å². The molecule has 0 heterocycles. The summed E-state index contributed by atoms with van der Waals surface area (Å²) in [5.41, 5.74) is -2.43. The van der Waals surface area contributed by atoms with Crippen LogP contribution in [0.1, 0.15) is 26.7 Å². The Labute approximate surface area is 82.2 Å². The van der Waals surface area contributed by atoms with E-state index in [1.54, 1.807) is 12.2 Å². The zero-order valence-corrected chi connectivity index (χ0v) is 8.28. The van der Waals surface area contributed by atoms with Crippen molar-refractivity contribution >= 4 is 11.9 Å². The van der Waals surface area contributed by atoms with E-state index in [-0.39, 0.29) is 12.8 Å². The monoisotopic (exact) mass is 198 g/mol. The summed E-state index contributed by atoms with van der Waals surface area (Å²) in [6, 6.07) is 0. The lowest BCUT2D eigenvalue weighted by Crippen LogP contribution is -2.49. The molecule has 0 amide bonds. The first-order valence-corrected chi connectivity index (χ1v) is 4.46. The molecule has 0 spiro atoms. The number of carboxylic acids is 2. The van der Waals surface area contributed by atoms with E-state index in [2.05, 4.69) is 0 Å². The molecule has 2 atom stereocenters. The Morgan fingerprint density at radius 3 is 1.50 bits per heavy atom. The molecule has 2 N–H and O–H groups in total. The molecule has 0 aromatic carbocycles. The number of allylic oxidation sites excluding steroid dienone is 2. The van der Waals surface area contributed by atoms with E-state index >= 15 is 0 Å². The average Bonchev–Trinajstić information content (AvgIpc) is 2.09. The highest BCUT2D eigenvalue weighted by molar-refractivity contribution is 5.86. The van der Waals surface area contributed by atoms with Gasteiger partial charge in [0.1, 0.15) is 0 Å². The lowest BCUT2D eigenvalue weighted by Gasteiger charge is -2.41. The minimum absolute atomic E-state index is 0.269. The predicted octanol–water partition coefficient (Wildman–Crippen LogP) is 1.52. The molecule has 0 unspecified atom stereocenters. The van der Waals surface area contributed by atoms with E-state index in [1.807, 2.05) is 0 Å². The van der Waals surface area contributed by atoms with Crippen molar-refractivity contribution in [1.29, 1.82) is 0 Å². The minimum Gasteiger partial charge on any atom is -0.481 e. The fourth-order valence-corrected chi connectivity index (χ4v) is 1.74. The Kier molecular flexibility index (Phi) is 2.39. The van der Waals surface area contributed by atoms with E-state index in [0.29, 0.717) is 0 Å². The van der Waals surface area contributed by atoms with Crippen LogP contribution in [0.2, 0.25) is 0 Å². The molecule has 0 bridgehead atoms. The SMILES string of the molecule is C[C@]1(C(=O)O)CC=CC[C@]1(C)C(=O)O. The van der Waals surface area contributed by atoms with Gasteiger partial charge in [-0.15, -0.1) is 0 Å². The molecule has 0 aliphatic heterocycles. The molecule has 78 valence electrons. The molecular formula is C10H14O4. The number of carboxylic acid groups (broad SMARTS) is 2. The van der Waals surface area contributed by atoms with Crippen LogP contribution in [0.4, 0.5) is 0 Å². The Morgan fingerprint density at radius 2 is 1.29 bits per heavy atom. The molecule has 4 heteroatoms. The fourth-order valence-electron chi connectivity index (χ4n) is 1.74. The number of hydrogen-bond donors (Lipinski definition) is 2. The number of carbonyl (C=O) groups is 2. The van der Waals surface area contributed by atoms with E-state index in [1.165, 1.54) is 13.8 Å². The summed E-state index contributed by atoms with van der Waals surface area (Å²) in [5.74, 6) is -2.10. The third kappa shape index (κ3) is 1.22. The third-order valence-corrected chi connectivity index (χ3v) is 3.38. The van der Waals surface area contributed by atoms with Gasteiger partial charge in [0, 0.05) is 0 Å². The molecule has 14 heavy (non-hydrogen) atoms. The van der Waals surface area contributed by atoms with Gasteiger partial charge in [0.05, 0.1) is 10.8 Å². The van der Waals surface area contributed by atoms with Gasteiger partial charge in [-0.25, -0.2) is 0 Å². The first kappa shape index (κ1) is 10.8. The van der Waals surface area contributed by atoms with E-state index in [9.17, 15) is 9.59 Å². The molecule has 0 aromatic rings. The van der Waals surface area contributed by atoms with E-state index < -0.39 is 22.8 Å². The molecule has 0 radical (unpaired) electrons. The number of aliphatic carboxylic acids is 2. The maximum Gasteiger partial charge on any atom is 0.310 e. The summed E-state index contributed by atoms with van der Waals surface area (Å²) in [5, 5.41) is 18.2. The highest BCUT2D eigenvalue weighted by atomic mass is 16.4. The predicted molar refractivity (Wildman–Crippen MR) is 49.9 cm³/mol. The van der Waals surface area contributed by atoms with Crippen molar-refractivity contribution in [3.05, 3.63) is 12.2 Å². The fraction of sp³-hybridized carbons (Fsp3) is 0.600. The lowest BCUT2D eigenvalue weighted by molar-refractivity contribution is -0.171. The molecule has 4 nitrogen and oxygen atoms in total. The Morgan fingerprint density at radius 1 is 1.00 bits per heavy atom. The van der Waals surface area contributed by atoms with Gasteiger partial charge in [-0.05, 0) is 26.7 Å². The van der Waals surface area contributed by atoms with Crippen molar-refractivity contribution in [3.63, 3.8) is 0 Å². The number of rotatable bonds is 2. The van der Waals surface area contributed by atoms with Crippen LogP contribution in [-0.2, 0) is 9.59 Å². The summed E-state index contributed by atoms with van der Waals surface area (Å²) >= 11 is 0. The van der Waals surface area contributed by atoms with Crippen LogP contribution < -0.4 is 0 Å². The maximum atomic E-state index is 11.1. The van der Waals surface area contributed by atoms with E-state index in [0.717, 1.165) is 0 Å². The van der Waals surface area contributed by atoms with Crippen molar-refractivity contribution in [1.82, 2.24) is 0 Å². The van der Waals surface area contributed by atoms with Gasteiger partial charge in [0.25, 0.3) is 0 Å². The topological polar surface area (TPSA) is 74.6 Å². The summed E-state index contributed by atoms with van der Waals surface area (Å²) in [6.45, 7) is 2.99. The first-order valence-electron chi connectivity index (χ1n) is 4.46. The van der Waals surface area contributed by atoms with Gasteiger partial charge in [-0.1, -0.05) is 12.2 Å². The van der Waals surface area contributed by atoms with Crippen molar-refractivity contribution in [2.45, 2.75) is 26.7 Å². The Bertz CT molecular complexity index is 277. The van der Waals surface area contributed by atoms with Gasteiger partial charge in [-0.3, -0.25) is 9.59 Å². The van der Waals surface area contributed by atoms with Crippen molar-refractivity contribution in [2.75, 3.05) is 0 Å². The van der Waals surface area contributed by atoms with Crippen molar-refractivity contribution < 1.29 is 19.8 Å². The Balaban J connectivity index is 3.21. The van der Waals surface area contributed by atoms with Crippen LogP contribution in [0.5, 0.6) is 0 Å². The third-order valence-electron chi connectivity index (χ3n) is 3.38. The number of hydrogen-bond acceptors (Lipinski definition) is 2. The molecular weight excluding hydrogens is 184 g/mol. The van der Waals surface area contributed by atoms with Crippen molar-refractivity contribution in [3.8, 4) is 0 Å². The molecule has 1 aliphatic carbocycles. The van der Waals surface area contributed by atoms with Crippen molar-refractivity contribution in [2.24, 2.45) is 10.8 Å². The molecule has 0 fully saturated rings. The normalized spacial score (nSPS) is 36.7. The Hall–Kier alpha value is -1.32. The molecule has 1 aliphatic rings. The van der Waals surface area contributed by atoms with Gasteiger partial charge < -0.3 is 10.2 Å². The average molecular weight is 198 g/mol. The van der Waals surface area contributed by atoms with Gasteiger partial charge in [0.15, 0.2) is 0 Å². The summed E-state index contributed by atoms with van der Waals surface area (Å²) in [6.07, 6.45) is 4.01.